The number of hydrogen-bond donors (Lipinski definition) is 0. The molecular formula is C25H27N3O6S. The predicted molar refractivity (Wildman–Crippen MR) is 128 cm³/mol. The van der Waals surface area contributed by atoms with Gasteiger partial charge < -0.3 is 9.64 Å². The summed E-state index contributed by atoms with van der Waals surface area (Å²) in [5, 5.41) is 0. The second-order valence-electron chi connectivity index (χ2n) is 9.16. The molecule has 0 saturated carbocycles. The number of imide groups is 1. The van der Waals surface area contributed by atoms with Gasteiger partial charge in [0.15, 0.2) is 9.84 Å². The lowest BCUT2D eigenvalue weighted by molar-refractivity contribution is 0.0584. The Kier molecular flexibility index (Phi) is 6.10. The molecule has 3 aliphatic rings. The van der Waals surface area contributed by atoms with Crippen molar-refractivity contribution in [1.29, 1.82) is 0 Å². The van der Waals surface area contributed by atoms with Crippen molar-refractivity contribution >= 4 is 27.6 Å². The summed E-state index contributed by atoms with van der Waals surface area (Å²) in [6, 6.07) is 11.9. The van der Waals surface area contributed by atoms with Gasteiger partial charge in [0.1, 0.15) is 5.75 Å². The third-order valence-electron chi connectivity index (χ3n) is 7.04. The Hall–Kier alpha value is -3.24. The Morgan fingerprint density at radius 1 is 1.00 bits per heavy atom. The molecule has 3 heterocycles. The largest absolute Gasteiger partial charge is 0.496 e. The number of ether oxygens (including phenoxy) is 1. The average molecular weight is 498 g/mol. The SMILES string of the molecule is COc1ccc(CN2C(=O)c3ccccc3C2=O)cc1C(=O)N1CCN(C2CCS(=O)(=O)C2)CC1. The molecule has 0 aliphatic carbocycles. The molecule has 1 atom stereocenters. The molecule has 2 aromatic rings. The number of fused-ring (bicyclic) bond motifs is 1. The first-order valence-electron chi connectivity index (χ1n) is 11.6. The number of hydrogen-bond acceptors (Lipinski definition) is 7. The number of piperazine rings is 1. The second kappa shape index (κ2) is 9.09. The first kappa shape index (κ1) is 23.5. The van der Waals surface area contributed by atoms with Crippen LogP contribution in [0.1, 0.15) is 43.1 Å². The zero-order valence-electron chi connectivity index (χ0n) is 19.5. The highest BCUT2D eigenvalue weighted by Gasteiger charge is 2.36. The maximum Gasteiger partial charge on any atom is 0.261 e. The van der Waals surface area contributed by atoms with Crippen LogP contribution in [0.4, 0.5) is 0 Å². The van der Waals surface area contributed by atoms with Crippen LogP contribution in [0, 0.1) is 0 Å². The van der Waals surface area contributed by atoms with Crippen LogP contribution < -0.4 is 4.74 Å². The molecule has 10 heteroatoms. The van der Waals surface area contributed by atoms with Crippen molar-refractivity contribution in [3.63, 3.8) is 0 Å². The maximum absolute atomic E-state index is 13.4. The molecule has 3 aliphatic heterocycles. The standard InChI is InChI=1S/C25H27N3O6S/c1-34-22-7-6-17(15-28-24(30)19-4-2-3-5-20(19)25(28)31)14-21(22)23(29)27-11-9-26(10-12-27)18-8-13-35(32,33)16-18/h2-7,14,18H,8-13,15-16H2,1H3. The van der Waals surface area contributed by atoms with Gasteiger partial charge in [-0.3, -0.25) is 24.2 Å². The lowest BCUT2D eigenvalue weighted by atomic mass is 10.1. The molecule has 3 amide bonds. The quantitative estimate of drug-likeness (QED) is 0.576. The van der Waals surface area contributed by atoms with Crippen LogP contribution >= 0.6 is 0 Å². The molecule has 35 heavy (non-hydrogen) atoms. The molecular weight excluding hydrogens is 470 g/mol. The molecule has 0 aromatic heterocycles. The predicted octanol–water partition coefficient (Wildman–Crippen LogP) is 1.44. The fourth-order valence-electron chi connectivity index (χ4n) is 5.11. The van der Waals surface area contributed by atoms with Crippen molar-refractivity contribution in [3.8, 4) is 5.75 Å². The van der Waals surface area contributed by atoms with E-state index >= 15 is 0 Å². The van der Waals surface area contributed by atoms with Crippen LogP contribution in [0.25, 0.3) is 0 Å². The van der Waals surface area contributed by atoms with Crippen LogP contribution in [0.3, 0.4) is 0 Å². The first-order chi connectivity index (χ1) is 16.8. The van der Waals surface area contributed by atoms with E-state index in [-0.39, 0.29) is 41.8 Å². The lowest BCUT2D eigenvalue weighted by Crippen LogP contribution is -2.52. The molecule has 0 spiro atoms. The van der Waals surface area contributed by atoms with E-state index in [0.717, 1.165) is 0 Å². The van der Waals surface area contributed by atoms with Crippen LogP contribution in [-0.4, -0.2) is 91.7 Å². The molecule has 184 valence electrons. The molecule has 5 rings (SSSR count). The highest BCUT2D eigenvalue weighted by atomic mass is 32.2. The smallest absolute Gasteiger partial charge is 0.261 e. The van der Waals surface area contributed by atoms with E-state index in [2.05, 4.69) is 4.90 Å². The van der Waals surface area contributed by atoms with Crippen molar-refractivity contribution in [2.24, 2.45) is 0 Å². The Labute approximate surface area is 204 Å². The Morgan fingerprint density at radius 2 is 1.66 bits per heavy atom. The van der Waals surface area contributed by atoms with E-state index in [1.165, 1.54) is 12.0 Å². The van der Waals surface area contributed by atoms with E-state index < -0.39 is 9.84 Å². The number of nitrogens with zero attached hydrogens (tertiary/aromatic N) is 3. The van der Waals surface area contributed by atoms with Gasteiger partial charge in [-0.2, -0.15) is 0 Å². The number of amides is 3. The van der Waals surface area contributed by atoms with Crippen LogP contribution in [0.5, 0.6) is 5.75 Å². The number of benzene rings is 2. The summed E-state index contributed by atoms with van der Waals surface area (Å²) in [6.07, 6.45) is 0.643. The van der Waals surface area contributed by atoms with Gasteiger partial charge in [0.05, 0.1) is 41.9 Å². The van der Waals surface area contributed by atoms with Gasteiger partial charge in [-0.1, -0.05) is 18.2 Å². The monoisotopic (exact) mass is 497 g/mol. The first-order valence-corrected chi connectivity index (χ1v) is 13.5. The summed E-state index contributed by atoms with van der Waals surface area (Å²) in [5.41, 5.74) is 1.79. The van der Waals surface area contributed by atoms with E-state index in [1.807, 2.05) is 0 Å². The van der Waals surface area contributed by atoms with Gasteiger partial charge in [-0.15, -0.1) is 0 Å². The van der Waals surface area contributed by atoms with E-state index in [1.54, 1.807) is 47.4 Å². The number of carbonyl (C=O) groups is 3. The van der Waals surface area contributed by atoms with E-state index in [4.69, 9.17) is 4.74 Å². The Bertz CT molecular complexity index is 1270. The van der Waals surface area contributed by atoms with Crippen LogP contribution in [0.2, 0.25) is 0 Å². The van der Waals surface area contributed by atoms with Gasteiger partial charge in [0.2, 0.25) is 0 Å². The normalized spacial score (nSPS) is 21.9. The minimum atomic E-state index is -2.96. The number of rotatable bonds is 5. The summed E-state index contributed by atoms with van der Waals surface area (Å²) in [5.74, 6) is -0.0448. The van der Waals surface area contributed by atoms with Crippen molar-refractivity contribution in [2.45, 2.75) is 19.0 Å². The number of sulfone groups is 1. The molecule has 9 nitrogen and oxygen atoms in total. The minimum absolute atomic E-state index is 0.0229. The van der Waals surface area contributed by atoms with Gasteiger partial charge in [0, 0.05) is 32.2 Å². The molecule has 1 unspecified atom stereocenters. The topological polar surface area (TPSA) is 104 Å². The third-order valence-corrected chi connectivity index (χ3v) is 8.79. The molecule has 0 radical (unpaired) electrons. The van der Waals surface area contributed by atoms with Gasteiger partial charge in [-0.05, 0) is 36.2 Å². The summed E-state index contributed by atoms with van der Waals surface area (Å²) in [4.78, 5) is 44.0. The van der Waals surface area contributed by atoms with E-state index in [0.29, 0.717) is 60.6 Å². The van der Waals surface area contributed by atoms with E-state index in [9.17, 15) is 22.8 Å². The summed E-state index contributed by atoms with van der Waals surface area (Å²) in [7, 11) is -1.46. The second-order valence-corrected chi connectivity index (χ2v) is 11.4. The Morgan fingerprint density at radius 3 is 2.23 bits per heavy atom. The number of carbonyl (C=O) groups excluding carboxylic acids is 3. The summed E-state index contributed by atoms with van der Waals surface area (Å²) in [6.45, 7) is 2.26. The fraction of sp³-hybridized carbons (Fsp3) is 0.400. The zero-order chi connectivity index (χ0) is 24.7. The highest BCUT2D eigenvalue weighted by Crippen LogP contribution is 2.28. The maximum atomic E-state index is 13.4. The minimum Gasteiger partial charge on any atom is -0.496 e. The molecule has 0 bridgehead atoms. The summed E-state index contributed by atoms with van der Waals surface area (Å²) >= 11 is 0. The molecule has 2 saturated heterocycles. The molecule has 0 N–H and O–H groups in total. The summed E-state index contributed by atoms with van der Waals surface area (Å²) < 4.78 is 29.1. The van der Waals surface area contributed by atoms with Crippen molar-refractivity contribution in [3.05, 3.63) is 64.7 Å². The average Bonchev–Trinajstić information content (AvgIpc) is 3.35. The van der Waals surface area contributed by atoms with Gasteiger partial charge in [-0.25, -0.2) is 8.42 Å². The highest BCUT2D eigenvalue weighted by molar-refractivity contribution is 7.91. The van der Waals surface area contributed by atoms with Crippen molar-refractivity contribution < 1.29 is 27.5 Å². The third kappa shape index (κ3) is 4.43. The lowest BCUT2D eigenvalue weighted by Gasteiger charge is -2.37. The van der Waals surface area contributed by atoms with Crippen molar-refractivity contribution in [1.82, 2.24) is 14.7 Å². The van der Waals surface area contributed by atoms with Crippen LogP contribution in [0.15, 0.2) is 42.5 Å². The number of methoxy groups -OCH3 is 1. The Balaban J connectivity index is 1.29. The van der Waals surface area contributed by atoms with Crippen LogP contribution in [-0.2, 0) is 16.4 Å². The zero-order valence-corrected chi connectivity index (χ0v) is 20.3. The molecule has 2 fully saturated rings. The van der Waals surface area contributed by atoms with Gasteiger partial charge in [0.25, 0.3) is 17.7 Å². The van der Waals surface area contributed by atoms with Gasteiger partial charge >= 0.3 is 0 Å². The fourth-order valence-corrected chi connectivity index (χ4v) is 6.87. The molecule has 2 aromatic carbocycles. The van der Waals surface area contributed by atoms with Crippen molar-refractivity contribution in [2.75, 3.05) is 44.8 Å².